The molecule has 1 aromatic carbocycles. The standard InChI is InChI=1S/C26H32BrF2N3O2/c27-19-8-5-16(22(28)23(19)29)15-31-25(34)21-18-7-6-17(26(18)9-10-26)20(21)24(33)30-11-1-2-12-32-13-3-4-14-32/h5-8,17-18,20-21H,1-4,9-15H2,(H,30,33)(H,31,34)/t17-,18+,20-,21-/m1/s1. The predicted octanol–water partition coefficient (Wildman–Crippen LogP) is 4.16. The van der Waals surface area contributed by atoms with Crippen molar-refractivity contribution in [1.29, 1.82) is 0 Å². The van der Waals surface area contributed by atoms with Crippen LogP contribution in [-0.4, -0.2) is 42.9 Å². The number of likely N-dealkylation sites (tertiary alicyclic amines) is 1. The number of nitrogens with one attached hydrogen (secondary N) is 2. The van der Waals surface area contributed by atoms with Crippen molar-refractivity contribution in [3.8, 4) is 0 Å². The SMILES string of the molecule is O=C(NCCCCN1CCCC1)[C@H]1[C@H](C(=O)NCc2ccc(Br)c(F)c2F)[C@@H]2C=C[C@H]1C21CC1. The molecule has 4 aliphatic rings. The Kier molecular flexibility index (Phi) is 6.81. The lowest BCUT2D eigenvalue weighted by molar-refractivity contribution is -0.135. The molecule has 3 fully saturated rings. The van der Waals surface area contributed by atoms with Gasteiger partial charge in [0.25, 0.3) is 0 Å². The van der Waals surface area contributed by atoms with Crippen molar-refractivity contribution in [2.45, 2.75) is 45.1 Å². The Morgan fingerprint density at radius 1 is 0.971 bits per heavy atom. The molecule has 4 atom stereocenters. The summed E-state index contributed by atoms with van der Waals surface area (Å²) in [5.41, 5.74) is 0.127. The molecule has 1 aromatic rings. The fourth-order valence-electron chi connectivity index (χ4n) is 6.51. The number of halogens is 3. The van der Waals surface area contributed by atoms with E-state index in [9.17, 15) is 18.4 Å². The molecule has 0 aromatic heterocycles. The van der Waals surface area contributed by atoms with Gasteiger partial charge in [0.05, 0.1) is 16.3 Å². The van der Waals surface area contributed by atoms with Gasteiger partial charge < -0.3 is 15.5 Å². The third-order valence-electron chi connectivity index (χ3n) is 8.41. The van der Waals surface area contributed by atoms with Gasteiger partial charge in [0.15, 0.2) is 11.6 Å². The number of carbonyl (C=O) groups is 2. The number of allylic oxidation sites excluding steroid dienone is 2. The van der Waals surface area contributed by atoms with E-state index in [4.69, 9.17) is 0 Å². The topological polar surface area (TPSA) is 61.4 Å². The molecule has 1 spiro atoms. The van der Waals surface area contributed by atoms with Crippen LogP contribution in [0.25, 0.3) is 0 Å². The Labute approximate surface area is 207 Å². The minimum absolute atomic E-state index is 0.0364. The van der Waals surface area contributed by atoms with Crippen LogP contribution in [0, 0.1) is 40.7 Å². The number of hydrogen-bond donors (Lipinski definition) is 2. The lowest BCUT2D eigenvalue weighted by Gasteiger charge is -2.26. The molecular formula is C26H32BrF2N3O2. The second-order valence-electron chi connectivity index (χ2n) is 10.3. The average molecular weight is 536 g/mol. The normalized spacial score (nSPS) is 28.6. The Morgan fingerprint density at radius 2 is 1.62 bits per heavy atom. The Balaban J connectivity index is 1.20. The quantitative estimate of drug-likeness (QED) is 0.283. The number of unbranched alkanes of at least 4 members (excludes halogenated alkanes) is 1. The number of hydrogen-bond acceptors (Lipinski definition) is 3. The van der Waals surface area contributed by atoms with Gasteiger partial charge in [-0.05, 0) is 97.4 Å². The molecule has 34 heavy (non-hydrogen) atoms. The van der Waals surface area contributed by atoms with Gasteiger partial charge in [0.1, 0.15) is 0 Å². The van der Waals surface area contributed by atoms with Gasteiger partial charge in [-0.1, -0.05) is 18.2 Å². The Hall–Kier alpha value is -1.80. The fraction of sp³-hybridized carbons (Fsp3) is 0.615. The van der Waals surface area contributed by atoms with Crippen molar-refractivity contribution in [3.63, 3.8) is 0 Å². The molecule has 184 valence electrons. The number of benzene rings is 1. The summed E-state index contributed by atoms with van der Waals surface area (Å²) in [5, 5.41) is 5.89. The van der Waals surface area contributed by atoms with Gasteiger partial charge in [-0.15, -0.1) is 0 Å². The molecule has 2 bridgehead atoms. The number of carbonyl (C=O) groups excluding carboxylic acids is 2. The maximum atomic E-state index is 14.2. The summed E-state index contributed by atoms with van der Waals surface area (Å²) in [7, 11) is 0. The molecule has 2 saturated carbocycles. The molecule has 0 radical (unpaired) electrons. The minimum atomic E-state index is -0.968. The minimum Gasteiger partial charge on any atom is -0.356 e. The highest BCUT2D eigenvalue weighted by atomic mass is 79.9. The molecule has 0 unspecified atom stereocenters. The van der Waals surface area contributed by atoms with Gasteiger partial charge in [-0.3, -0.25) is 9.59 Å². The molecule has 8 heteroatoms. The summed E-state index contributed by atoms with van der Waals surface area (Å²) in [6.07, 6.45) is 10.8. The van der Waals surface area contributed by atoms with E-state index in [0.717, 1.165) is 32.2 Å². The van der Waals surface area contributed by atoms with Crippen LogP contribution >= 0.6 is 15.9 Å². The van der Waals surface area contributed by atoms with Crippen molar-refractivity contribution >= 4 is 27.7 Å². The van der Waals surface area contributed by atoms with Crippen LogP contribution in [0.2, 0.25) is 0 Å². The molecular weight excluding hydrogens is 504 g/mol. The van der Waals surface area contributed by atoms with Gasteiger partial charge in [-0.25, -0.2) is 8.78 Å². The summed E-state index contributed by atoms with van der Waals surface area (Å²) in [5.74, 6) is -2.98. The zero-order chi connectivity index (χ0) is 23.9. The summed E-state index contributed by atoms with van der Waals surface area (Å²) in [4.78, 5) is 29.0. The second kappa shape index (κ2) is 9.69. The first kappa shape index (κ1) is 23.9. The maximum absolute atomic E-state index is 14.2. The summed E-state index contributed by atoms with van der Waals surface area (Å²) >= 11 is 2.97. The largest absolute Gasteiger partial charge is 0.356 e. The van der Waals surface area contributed by atoms with E-state index >= 15 is 0 Å². The van der Waals surface area contributed by atoms with Gasteiger partial charge in [0, 0.05) is 18.7 Å². The van der Waals surface area contributed by atoms with Gasteiger partial charge in [-0.2, -0.15) is 0 Å². The predicted molar refractivity (Wildman–Crippen MR) is 129 cm³/mol. The van der Waals surface area contributed by atoms with Crippen LogP contribution in [0.5, 0.6) is 0 Å². The van der Waals surface area contributed by atoms with E-state index in [0.29, 0.717) is 6.54 Å². The third-order valence-corrected chi connectivity index (χ3v) is 9.03. The summed E-state index contributed by atoms with van der Waals surface area (Å²) < 4.78 is 28.2. The van der Waals surface area contributed by atoms with E-state index in [2.05, 4.69) is 43.6 Å². The zero-order valence-corrected chi connectivity index (χ0v) is 20.9. The molecule has 3 aliphatic carbocycles. The average Bonchev–Trinajstić information content (AvgIpc) is 3.19. The molecule has 2 N–H and O–H groups in total. The van der Waals surface area contributed by atoms with E-state index in [1.807, 2.05) is 0 Å². The van der Waals surface area contributed by atoms with Crippen molar-refractivity contribution in [3.05, 3.63) is 46.0 Å². The highest BCUT2D eigenvalue weighted by molar-refractivity contribution is 9.10. The first-order valence-corrected chi connectivity index (χ1v) is 13.3. The van der Waals surface area contributed by atoms with Crippen LogP contribution in [0.1, 0.15) is 44.1 Å². The summed E-state index contributed by atoms with van der Waals surface area (Å²) in [6.45, 7) is 3.95. The van der Waals surface area contributed by atoms with E-state index in [1.165, 1.54) is 38.1 Å². The first-order valence-electron chi connectivity index (χ1n) is 12.5. The summed E-state index contributed by atoms with van der Waals surface area (Å²) in [6, 6.07) is 2.89. The highest BCUT2D eigenvalue weighted by Gasteiger charge is 2.69. The van der Waals surface area contributed by atoms with Crippen LogP contribution in [-0.2, 0) is 16.1 Å². The number of rotatable bonds is 9. The number of nitrogens with zero attached hydrogens (tertiary/aromatic N) is 1. The third kappa shape index (κ3) is 4.32. The van der Waals surface area contributed by atoms with E-state index in [-0.39, 0.29) is 45.6 Å². The molecule has 1 aliphatic heterocycles. The second-order valence-corrected chi connectivity index (χ2v) is 11.2. The van der Waals surface area contributed by atoms with Crippen LogP contribution < -0.4 is 10.6 Å². The first-order chi connectivity index (χ1) is 16.4. The molecule has 1 saturated heterocycles. The molecule has 5 nitrogen and oxygen atoms in total. The molecule has 2 amide bonds. The van der Waals surface area contributed by atoms with Crippen molar-refractivity contribution in [2.24, 2.45) is 29.1 Å². The Morgan fingerprint density at radius 3 is 2.26 bits per heavy atom. The lowest BCUT2D eigenvalue weighted by Crippen LogP contribution is -2.44. The van der Waals surface area contributed by atoms with Gasteiger partial charge in [0.2, 0.25) is 11.8 Å². The van der Waals surface area contributed by atoms with Crippen molar-refractivity contribution < 1.29 is 18.4 Å². The smallest absolute Gasteiger partial charge is 0.224 e. The zero-order valence-electron chi connectivity index (χ0n) is 19.3. The van der Waals surface area contributed by atoms with Gasteiger partial charge >= 0.3 is 0 Å². The van der Waals surface area contributed by atoms with Crippen LogP contribution in [0.3, 0.4) is 0 Å². The molecule has 1 heterocycles. The van der Waals surface area contributed by atoms with E-state index in [1.54, 1.807) is 0 Å². The van der Waals surface area contributed by atoms with Crippen LogP contribution in [0.4, 0.5) is 8.78 Å². The fourth-order valence-corrected chi connectivity index (χ4v) is 6.81. The van der Waals surface area contributed by atoms with E-state index < -0.39 is 23.5 Å². The lowest BCUT2D eigenvalue weighted by atomic mass is 9.81. The Bertz CT molecular complexity index is 991. The monoisotopic (exact) mass is 535 g/mol. The highest BCUT2D eigenvalue weighted by Crippen LogP contribution is 2.72. The van der Waals surface area contributed by atoms with Crippen LogP contribution in [0.15, 0.2) is 28.8 Å². The van der Waals surface area contributed by atoms with Crippen molar-refractivity contribution in [2.75, 3.05) is 26.2 Å². The molecule has 5 rings (SSSR count). The number of amides is 2. The maximum Gasteiger partial charge on any atom is 0.224 e. The van der Waals surface area contributed by atoms with Crippen molar-refractivity contribution in [1.82, 2.24) is 15.5 Å².